The summed E-state index contributed by atoms with van der Waals surface area (Å²) in [6.45, 7) is 7.23. The lowest BCUT2D eigenvalue weighted by Crippen LogP contribution is -2.36. The van der Waals surface area contributed by atoms with Crippen LogP contribution in [0.1, 0.15) is 44.7 Å². The molecule has 1 fully saturated rings. The number of piperidine rings is 1. The molecule has 1 aliphatic heterocycles. The Morgan fingerprint density at radius 2 is 2.10 bits per heavy atom. The van der Waals surface area contributed by atoms with Crippen molar-refractivity contribution in [2.75, 3.05) is 26.7 Å². The number of halogens is 1. The van der Waals surface area contributed by atoms with Gasteiger partial charge in [0.1, 0.15) is 17.7 Å². The number of nitrogens with one attached hydrogen (secondary N) is 1. The Kier molecular flexibility index (Phi) is 6.00. The molecular weight excluding hydrogens is 267 g/mol. The quantitative estimate of drug-likeness (QED) is 0.870. The van der Waals surface area contributed by atoms with E-state index >= 15 is 0 Å². The zero-order valence-electron chi connectivity index (χ0n) is 13.4. The summed E-state index contributed by atoms with van der Waals surface area (Å²) in [7, 11) is 2.14. The minimum atomic E-state index is -0.203. The summed E-state index contributed by atoms with van der Waals surface area (Å²) in [5, 5.41) is 3.41. The van der Waals surface area contributed by atoms with Gasteiger partial charge < -0.3 is 15.0 Å². The maximum Gasteiger partial charge on any atom is 0.124 e. The van der Waals surface area contributed by atoms with Crippen LogP contribution in [-0.2, 0) is 0 Å². The Balaban J connectivity index is 2.07. The molecule has 0 amide bonds. The molecule has 0 saturated carbocycles. The van der Waals surface area contributed by atoms with Crippen LogP contribution in [0.25, 0.3) is 0 Å². The third-order valence-electron chi connectivity index (χ3n) is 4.10. The highest BCUT2D eigenvalue weighted by Crippen LogP contribution is 2.28. The van der Waals surface area contributed by atoms with E-state index in [-0.39, 0.29) is 18.0 Å². The highest BCUT2D eigenvalue weighted by molar-refractivity contribution is 5.36. The number of hydrogen-bond donors (Lipinski definition) is 1. The van der Waals surface area contributed by atoms with Gasteiger partial charge in [0.15, 0.2) is 0 Å². The van der Waals surface area contributed by atoms with Gasteiger partial charge >= 0.3 is 0 Å². The first-order valence-corrected chi connectivity index (χ1v) is 7.98. The summed E-state index contributed by atoms with van der Waals surface area (Å²) in [6.07, 6.45) is 3.36. The van der Waals surface area contributed by atoms with Crippen molar-refractivity contribution in [1.29, 1.82) is 0 Å². The summed E-state index contributed by atoms with van der Waals surface area (Å²) in [6, 6.07) is 4.95. The summed E-state index contributed by atoms with van der Waals surface area (Å²) >= 11 is 0. The van der Waals surface area contributed by atoms with Crippen molar-refractivity contribution < 1.29 is 9.13 Å². The van der Waals surface area contributed by atoms with Crippen molar-refractivity contribution in [1.82, 2.24) is 10.2 Å². The van der Waals surface area contributed by atoms with Crippen LogP contribution >= 0.6 is 0 Å². The minimum absolute atomic E-state index is 0.0990. The molecule has 1 atom stereocenters. The van der Waals surface area contributed by atoms with Gasteiger partial charge in [-0.05, 0) is 58.0 Å². The predicted molar refractivity (Wildman–Crippen MR) is 84.3 cm³/mol. The van der Waals surface area contributed by atoms with Gasteiger partial charge in [0.05, 0.1) is 0 Å². The molecule has 1 heterocycles. The van der Waals surface area contributed by atoms with E-state index in [4.69, 9.17) is 4.74 Å². The van der Waals surface area contributed by atoms with Crippen molar-refractivity contribution >= 4 is 0 Å². The van der Waals surface area contributed by atoms with E-state index in [1.807, 2.05) is 0 Å². The standard InChI is InChI=1S/C17H27FN2O/c1-4-9-19-13(2)16-12-14(18)5-6-17(16)21-15-7-10-20(3)11-8-15/h5-6,12-13,15,19H,4,7-11H2,1-3H3. The van der Waals surface area contributed by atoms with Gasteiger partial charge in [-0.25, -0.2) is 4.39 Å². The maximum absolute atomic E-state index is 13.6. The molecular formula is C17H27FN2O. The molecule has 1 unspecified atom stereocenters. The number of rotatable bonds is 6. The summed E-state index contributed by atoms with van der Waals surface area (Å²) in [5.74, 6) is 0.618. The monoisotopic (exact) mass is 294 g/mol. The minimum Gasteiger partial charge on any atom is -0.490 e. The van der Waals surface area contributed by atoms with Gasteiger partial charge in [0.2, 0.25) is 0 Å². The molecule has 1 aromatic carbocycles. The first kappa shape index (κ1) is 16.2. The second-order valence-electron chi connectivity index (χ2n) is 5.98. The molecule has 1 saturated heterocycles. The molecule has 1 aliphatic rings. The molecule has 1 aromatic rings. The van der Waals surface area contributed by atoms with Gasteiger partial charge in [0.25, 0.3) is 0 Å². The Hall–Kier alpha value is -1.13. The van der Waals surface area contributed by atoms with Crippen LogP contribution in [-0.4, -0.2) is 37.7 Å². The second-order valence-corrected chi connectivity index (χ2v) is 5.98. The fourth-order valence-corrected chi connectivity index (χ4v) is 2.72. The SMILES string of the molecule is CCCNC(C)c1cc(F)ccc1OC1CCN(C)CC1. The van der Waals surface area contributed by atoms with Crippen LogP contribution in [0, 0.1) is 5.82 Å². The van der Waals surface area contributed by atoms with Crippen molar-refractivity contribution in [3.05, 3.63) is 29.6 Å². The van der Waals surface area contributed by atoms with Crippen LogP contribution in [0.5, 0.6) is 5.75 Å². The average molecular weight is 294 g/mol. The smallest absolute Gasteiger partial charge is 0.124 e. The number of benzene rings is 1. The zero-order chi connectivity index (χ0) is 15.2. The molecule has 0 bridgehead atoms. The first-order valence-electron chi connectivity index (χ1n) is 7.98. The summed E-state index contributed by atoms with van der Waals surface area (Å²) in [5.41, 5.74) is 0.919. The number of hydrogen-bond acceptors (Lipinski definition) is 3. The molecule has 0 radical (unpaired) electrons. The molecule has 2 rings (SSSR count). The highest BCUT2D eigenvalue weighted by atomic mass is 19.1. The van der Waals surface area contributed by atoms with Gasteiger partial charge in [-0.2, -0.15) is 0 Å². The van der Waals surface area contributed by atoms with Gasteiger partial charge in [-0.1, -0.05) is 6.92 Å². The molecule has 0 aromatic heterocycles. The highest BCUT2D eigenvalue weighted by Gasteiger charge is 2.20. The van der Waals surface area contributed by atoms with Crippen molar-refractivity contribution in [2.45, 2.75) is 45.3 Å². The number of ether oxygens (including phenoxy) is 1. The largest absolute Gasteiger partial charge is 0.490 e. The lowest BCUT2D eigenvalue weighted by atomic mass is 10.1. The van der Waals surface area contributed by atoms with Crippen molar-refractivity contribution in [2.24, 2.45) is 0 Å². The van der Waals surface area contributed by atoms with Gasteiger partial charge in [-0.3, -0.25) is 0 Å². The second kappa shape index (κ2) is 7.76. The van der Waals surface area contributed by atoms with E-state index in [9.17, 15) is 4.39 Å². The maximum atomic E-state index is 13.6. The van der Waals surface area contributed by atoms with Crippen LogP contribution < -0.4 is 10.1 Å². The number of likely N-dealkylation sites (tertiary alicyclic amines) is 1. The summed E-state index contributed by atoms with van der Waals surface area (Å²) in [4.78, 5) is 2.32. The molecule has 0 spiro atoms. The van der Waals surface area contributed by atoms with Crippen molar-refractivity contribution in [3.63, 3.8) is 0 Å². The molecule has 1 N–H and O–H groups in total. The lowest BCUT2D eigenvalue weighted by Gasteiger charge is -2.30. The van der Waals surface area contributed by atoms with Gasteiger partial charge in [0, 0.05) is 24.7 Å². The van der Waals surface area contributed by atoms with E-state index in [1.165, 1.54) is 6.07 Å². The van der Waals surface area contributed by atoms with Crippen LogP contribution in [0.2, 0.25) is 0 Å². The van der Waals surface area contributed by atoms with Gasteiger partial charge in [-0.15, -0.1) is 0 Å². The van der Waals surface area contributed by atoms with Crippen molar-refractivity contribution in [3.8, 4) is 5.75 Å². The third-order valence-corrected chi connectivity index (χ3v) is 4.10. The predicted octanol–water partition coefficient (Wildman–Crippen LogP) is 3.36. The van der Waals surface area contributed by atoms with E-state index in [0.29, 0.717) is 0 Å². The lowest BCUT2D eigenvalue weighted by molar-refractivity contribution is 0.112. The molecule has 0 aliphatic carbocycles. The van der Waals surface area contributed by atoms with E-state index in [1.54, 1.807) is 12.1 Å². The Bertz CT molecular complexity index is 444. The Morgan fingerprint density at radius 1 is 1.38 bits per heavy atom. The van der Waals surface area contributed by atoms with E-state index in [2.05, 4.69) is 31.1 Å². The van der Waals surface area contributed by atoms with Crippen LogP contribution in [0.4, 0.5) is 4.39 Å². The Labute approximate surface area is 127 Å². The zero-order valence-corrected chi connectivity index (χ0v) is 13.4. The molecule has 118 valence electrons. The topological polar surface area (TPSA) is 24.5 Å². The van der Waals surface area contributed by atoms with Crippen LogP contribution in [0.3, 0.4) is 0 Å². The molecule has 21 heavy (non-hydrogen) atoms. The fraction of sp³-hybridized carbons (Fsp3) is 0.647. The molecule has 4 heteroatoms. The third kappa shape index (κ3) is 4.68. The summed E-state index contributed by atoms with van der Waals surface area (Å²) < 4.78 is 19.7. The number of nitrogens with zero attached hydrogens (tertiary/aromatic N) is 1. The Morgan fingerprint density at radius 3 is 2.76 bits per heavy atom. The van der Waals surface area contributed by atoms with E-state index in [0.717, 1.165) is 50.2 Å². The normalized spacial score (nSPS) is 18.7. The average Bonchev–Trinajstić information content (AvgIpc) is 2.49. The first-order chi connectivity index (χ1) is 10.1. The van der Waals surface area contributed by atoms with Crippen LogP contribution in [0.15, 0.2) is 18.2 Å². The fourth-order valence-electron chi connectivity index (χ4n) is 2.72. The van der Waals surface area contributed by atoms with E-state index < -0.39 is 0 Å². The molecule has 3 nitrogen and oxygen atoms in total.